The maximum absolute atomic E-state index is 12.7. The fourth-order valence-corrected chi connectivity index (χ4v) is 4.20. The number of hydrogen-bond donors (Lipinski definition) is 3. The van der Waals surface area contributed by atoms with E-state index in [2.05, 4.69) is 34.8 Å². The van der Waals surface area contributed by atoms with Crippen molar-refractivity contribution in [3.8, 4) is 0 Å². The molecule has 2 aromatic rings. The maximum Gasteiger partial charge on any atom is 0.251 e. The second-order valence-electron chi connectivity index (χ2n) is 8.26. The zero-order chi connectivity index (χ0) is 22.5. The van der Waals surface area contributed by atoms with E-state index in [-0.39, 0.29) is 29.8 Å². The quantitative estimate of drug-likeness (QED) is 0.595. The van der Waals surface area contributed by atoms with Gasteiger partial charge in [0, 0.05) is 42.4 Å². The molecule has 1 aromatic heterocycles. The van der Waals surface area contributed by atoms with Gasteiger partial charge in [-0.25, -0.2) is 4.98 Å². The third kappa shape index (κ3) is 5.05. The number of aromatic nitrogens is 1. The van der Waals surface area contributed by atoms with Gasteiger partial charge in [-0.05, 0) is 69.8 Å². The largest absolute Gasteiger partial charge is 0.363 e. The minimum Gasteiger partial charge on any atom is -0.363 e. The highest BCUT2D eigenvalue weighted by molar-refractivity contribution is 5.98. The lowest BCUT2D eigenvalue weighted by atomic mass is 9.82. The number of rotatable bonds is 7. The van der Waals surface area contributed by atoms with Crippen molar-refractivity contribution >= 4 is 23.3 Å². The molecule has 0 bridgehead atoms. The molecule has 166 valence electrons. The Morgan fingerprint density at radius 2 is 1.90 bits per heavy atom. The molecular formula is C24H33N5O2. The molecule has 7 heteroatoms. The van der Waals surface area contributed by atoms with Crippen molar-refractivity contribution in [1.29, 1.82) is 0 Å². The number of amides is 2. The minimum absolute atomic E-state index is 0.00278. The monoisotopic (exact) mass is 423 g/mol. The van der Waals surface area contributed by atoms with Crippen LogP contribution >= 0.6 is 0 Å². The third-order valence-electron chi connectivity index (χ3n) is 6.00. The molecule has 3 rings (SSSR count). The summed E-state index contributed by atoms with van der Waals surface area (Å²) >= 11 is 0. The van der Waals surface area contributed by atoms with Crippen LogP contribution in [-0.4, -0.2) is 43.0 Å². The van der Waals surface area contributed by atoms with E-state index < -0.39 is 0 Å². The Hall–Kier alpha value is -2.93. The van der Waals surface area contributed by atoms with Gasteiger partial charge < -0.3 is 20.9 Å². The Morgan fingerprint density at radius 3 is 2.58 bits per heavy atom. The average molecular weight is 424 g/mol. The first-order valence-corrected chi connectivity index (χ1v) is 10.9. The van der Waals surface area contributed by atoms with Crippen molar-refractivity contribution in [3.05, 3.63) is 53.2 Å². The summed E-state index contributed by atoms with van der Waals surface area (Å²) in [4.78, 5) is 31.6. The lowest BCUT2D eigenvalue weighted by molar-refractivity contribution is -0.117. The summed E-state index contributed by atoms with van der Waals surface area (Å²) in [7, 11) is 1.89. The predicted molar refractivity (Wildman–Crippen MR) is 124 cm³/mol. The van der Waals surface area contributed by atoms with Crippen LogP contribution in [0.4, 0.5) is 11.5 Å². The number of pyridine rings is 1. The van der Waals surface area contributed by atoms with Crippen LogP contribution in [0.25, 0.3) is 0 Å². The molecule has 0 spiro atoms. The number of nitrogens with zero attached hydrogens (tertiary/aromatic N) is 2. The number of carbonyl (C=O) groups excluding carboxylic acids is 2. The molecule has 0 saturated carbocycles. The third-order valence-corrected chi connectivity index (χ3v) is 6.00. The van der Waals surface area contributed by atoms with Gasteiger partial charge in [0.05, 0.1) is 6.04 Å². The summed E-state index contributed by atoms with van der Waals surface area (Å²) < 4.78 is 0. The first kappa shape index (κ1) is 22.7. The van der Waals surface area contributed by atoms with Crippen LogP contribution in [0.2, 0.25) is 0 Å². The molecule has 7 nitrogen and oxygen atoms in total. The molecule has 2 unspecified atom stereocenters. The van der Waals surface area contributed by atoms with E-state index >= 15 is 0 Å². The van der Waals surface area contributed by atoms with Crippen LogP contribution in [0.1, 0.15) is 54.8 Å². The zero-order valence-corrected chi connectivity index (χ0v) is 19.0. The number of benzene rings is 1. The molecule has 1 aromatic carbocycles. The fraction of sp³-hybridized carbons (Fsp3) is 0.458. The van der Waals surface area contributed by atoms with Gasteiger partial charge in [0.1, 0.15) is 5.82 Å². The van der Waals surface area contributed by atoms with Gasteiger partial charge in [0.15, 0.2) is 0 Å². The number of aryl methyl sites for hydroxylation is 1. The van der Waals surface area contributed by atoms with Crippen LogP contribution in [0, 0.1) is 12.8 Å². The number of fused-ring (bicyclic) bond motifs is 1. The molecule has 0 radical (unpaired) electrons. The fourth-order valence-electron chi connectivity index (χ4n) is 4.20. The summed E-state index contributed by atoms with van der Waals surface area (Å²) in [6.07, 6.45) is 0.864. The SMILES string of the molecule is CNCCCNC(=O)c1ccc2c(c1)C(Nc1cccc(C)n1)C(C)[C@H](C)N2C(C)=O. The molecule has 0 saturated heterocycles. The number of anilines is 2. The van der Waals surface area contributed by atoms with Crippen molar-refractivity contribution in [1.82, 2.24) is 15.6 Å². The van der Waals surface area contributed by atoms with Gasteiger partial charge in [-0.3, -0.25) is 9.59 Å². The molecular weight excluding hydrogens is 390 g/mol. The van der Waals surface area contributed by atoms with Gasteiger partial charge in [0.2, 0.25) is 5.91 Å². The lowest BCUT2D eigenvalue weighted by Gasteiger charge is -2.44. The van der Waals surface area contributed by atoms with Crippen molar-refractivity contribution in [3.63, 3.8) is 0 Å². The lowest BCUT2D eigenvalue weighted by Crippen LogP contribution is -2.48. The van der Waals surface area contributed by atoms with Crippen LogP contribution in [-0.2, 0) is 4.79 Å². The van der Waals surface area contributed by atoms with E-state index in [9.17, 15) is 9.59 Å². The van der Waals surface area contributed by atoms with Gasteiger partial charge in [-0.2, -0.15) is 0 Å². The molecule has 1 aliphatic rings. The highest BCUT2D eigenvalue weighted by Gasteiger charge is 2.38. The van der Waals surface area contributed by atoms with Crippen LogP contribution in [0.15, 0.2) is 36.4 Å². The highest BCUT2D eigenvalue weighted by atomic mass is 16.2. The molecule has 1 aliphatic heterocycles. The van der Waals surface area contributed by atoms with Crippen molar-refractivity contribution in [2.45, 2.75) is 46.2 Å². The minimum atomic E-state index is -0.105. The van der Waals surface area contributed by atoms with E-state index in [0.29, 0.717) is 12.1 Å². The van der Waals surface area contributed by atoms with Gasteiger partial charge in [-0.15, -0.1) is 0 Å². The molecule has 3 atom stereocenters. The van der Waals surface area contributed by atoms with Crippen LogP contribution in [0.5, 0.6) is 0 Å². The molecule has 3 N–H and O–H groups in total. The topological polar surface area (TPSA) is 86.4 Å². The average Bonchev–Trinajstić information content (AvgIpc) is 2.74. The molecule has 0 aliphatic carbocycles. The first-order valence-electron chi connectivity index (χ1n) is 10.9. The van der Waals surface area contributed by atoms with Crippen LogP contribution in [0.3, 0.4) is 0 Å². The Labute approximate surface area is 184 Å². The molecule has 2 heterocycles. The van der Waals surface area contributed by atoms with Crippen molar-refractivity contribution in [2.24, 2.45) is 5.92 Å². The number of hydrogen-bond acceptors (Lipinski definition) is 5. The van der Waals surface area contributed by atoms with E-state index in [1.165, 1.54) is 0 Å². The van der Waals surface area contributed by atoms with Crippen molar-refractivity contribution in [2.75, 3.05) is 30.4 Å². The summed E-state index contributed by atoms with van der Waals surface area (Å²) in [5.41, 5.74) is 3.31. The maximum atomic E-state index is 12.7. The summed E-state index contributed by atoms with van der Waals surface area (Å²) in [5, 5.41) is 9.61. The summed E-state index contributed by atoms with van der Waals surface area (Å²) in [6, 6.07) is 11.4. The van der Waals surface area contributed by atoms with Gasteiger partial charge in [-0.1, -0.05) is 13.0 Å². The van der Waals surface area contributed by atoms with E-state index in [4.69, 9.17) is 0 Å². The second-order valence-corrected chi connectivity index (χ2v) is 8.26. The summed E-state index contributed by atoms with van der Waals surface area (Å²) in [6.45, 7) is 9.20. The van der Waals surface area contributed by atoms with Gasteiger partial charge >= 0.3 is 0 Å². The van der Waals surface area contributed by atoms with Crippen molar-refractivity contribution < 1.29 is 9.59 Å². The Kier molecular flexibility index (Phi) is 7.28. The van der Waals surface area contributed by atoms with E-state index in [1.807, 2.05) is 49.2 Å². The number of carbonyl (C=O) groups is 2. The van der Waals surface area contributed by atoms with Crippen LogP contribution < -0.4 is 20.9 Å². The van der Waals surface area contributed by atoms with E-state index in [0.717, 1.165) is 35.7 Å². The van der Waals surface area contributed by atoms with Gasteiger partial charge in [0.25, 0.3) is 5.91 Å². The molecule has 31 heavy (non-hydrogen) atoms. The number of nitrogens with one attached hydrogen (secondary N) is 3. The first-order chi connectivity index (χ1) is 14.8. The Bertz CT molecular complexity index is 945. The Morgan fingerprint density at radius 1 is 1.13 bits per heavy atom. The summed E-state index contributed by atoms with van der Waals surface area (Å²) in [5.74, 6) is 0.796. The molecule has 2 amide bonds. The Balaban J connectivity index is 1.96. The smallest absolute Gasteiger partial charge is 0.251 e. The molecule has 0 fully saturated rings. The standard InChI is InChI=1S/C24H33N5O2/c1-15-8-6-9-22(27-15)28-23-16(2)17(3)29(18(4)30)21-11-10-19(14-20(21)23)24(31)26-13-7-12-25-5/h6,8-11,14,16-17,23,25H,7,12-13H2,1-5H3,(H,26,31)(H,27,28)/t16?,17-,23?/m0/s1. The normalized spacial score (nSPS) is 20.2. The highest BCUT2D eigenvalue weighted by Crippen LogP contribution is 2.42. The second kappa shape index (κ2) is 9.92. The predicted octanol–water partition coefficient (Wildman–Crippen LogP) is 3.27. The zero-order valence-electron chi connectivity index (χ0n) is 19.0. The van der Waals surface area contributed by atoms with E-state index in [1.54, 1.807) is 13.0 Å².